The second-order valence-electron chi connectivity index (χ2n) is 6.24. The highest BCUT2D eigenvalue weighted by molar-refractivity contribution is 5.96. The number of hydrogen-bond donors (Lipinski definition) is 2. The van der Waals surface area contributed by atoms with Crippen LogP contribution in [-0.2, 0) is 4.74 Å². The van der Waals surface area contributed by atoms with Crippen LogP contribution in [0.15, 0.2) is 24.3 Å². The highest BCUT2D eigenvalue weighted by Gasteiger charge is 2.13. The number of rotatable bonds is 9. The standard InChI is InChI=1S/C19H30N2O3/c1-23-14-15-24-18-11-7-6-10-17(18)19(22)21-13-12-20-16-8-4-2-3-5-9-16/h6-7,10-11,16,20H,2-5,8-9,12-15H2,1H3,(H,21,22). The smallest absolute Gasteiger partial charge is 0.255 e. The predicted octanol–water partition coefficient (Wildman–Crippen LogP) is 2.75. The van der Waals surface area contributed by atoms with Crippen LogP contribution in [0.2, 0.25) is 0 Å². The van der Waals surface area contributed by atoms with Crippen molar-refractivity contribution in [3.63, 3.8) is 0 Å². The van der Waals surface area contributed by atoms with Gasteiger partial charge in [0.05, 0.1) is 12.2 Å². The van der Waals surface area contributed by atoms with Crippen molar-refractivity contribution in [2.24, 2.45) is 0 Å². The number of nitrogens with one attached hydrogen (secondary N) is 2. The fourth-order valence-electron chi connectivity index (χ4n) is 3.05. The van der Waals surface area contributed by atoms with E-state index in [4.69, 9.17) is 9.47 Å². The molecule has 5 nitrogen and oxygen atoms in total. The normalized spacial score (nSPS) is 15.7. The molecule has 2 N–H and O–H groups in total. The van der Waals surface area contributed by atoms with E-state index in [2.05, 4.69) is 10.6 Å². The summed E-state index contributed by atoms with van der Waals surface area (Å²) in [5.74, 6) is 0.509. The van der Waals surface area contributed by atoms with Crippen LogP contribution >= 0.6 is 0 Å². The molecule has 0 atom stereocenters. The highest BCUT2D eigenvalue weighted by Crippen LogP contribution is 2.18. The Kier molecular flexibility index (Phi) is 8.63. The van der Waals surface area contributed by atoms with Crippen molar-refractivity contribution in [1.82, 2.24) is 10.6 Å². The van der Waals surface area contributed by atoms with Gasteiger partial charge in [-0.3, -0.25) is 4.79 Å². The van der Waals surface area contributed by atoms with Gasteiger partial charge in [0.25, 0.3) is 5.91 Å². The second-order valence-corrected chi connectivity index (χ2v) is 6.24. The van der Waals surface area contributed by atoms with Crippen LogP contribution < -0.4 is 15.4 Å². The molecule has 1 aromatic rings. The first kappa shape index (κ1) is 18.7. The van der Waals surface area contributed by atoms with Gasteiger partial charge >= 0.3 is 0 Å². The second kappa shape index (κ2) is 11.0. The molecule has 134 valence electrons. The number of ether oxygens (including phenoxy) is 2. The molecule has 1 saturated carbocycles. The van der Waals surface area contributed by atoms with Crippen molar-refractivity contribution in [2.75, 3.05) is 33.4 Å². The summed E-state index contributed by atoms with van der Waals surface area (Å²) in [5, 5.41) is 6.53. The van der Waals surface area contributed by atoms with E-state index < -0.39 is 0 Å². The van der Waals surface area contributed by atoms with E-state index in [0.717, 1.165) is 6.54 Å². The molecule has 0 heterocycles. The van der Waals surface area contributed by atoms with Gasteiger partial charge in [0.2, 0.25) is 0 Å². The lowest BCUT2D eigenvalue weighted by molar-refractivity contribution is 0.0945. The third-order valence-electron chi connectivity index (χ3n) is 4.38. The maximum atomic E-state index is 12.4. The summed E-state index contributed by atoms with van der Waals surface area (Å²) in [6.07, 6.45) is 7.85. The van der Waals surface area contributed by atoms with Gasteiger partial charge in [0, 0.05) is 26.2 Å². The molecule has 0 aromatic heterocycles. The third kappa shape index (κ3) is 6.49. The zero-order valence-corrected chi connectivity index (χ0v) is 14.7. The largest absolute Gasteiger partial charge is 0.490 e. The summed E-state index contributed by atoms with van der Waals surface area (Å²) in [6.45, 7) is 2.37. The Morgan fingerprint density at radius 1 is 1.08 bits per heavy atom. The van der Waals surface area contributed by atoms with Crippen molar-refractivity contribution >= 4 is 5.91 Å². The monoisotopic (exact) mass is 334 g/mol. The van der Waals surface area contributed by atoms with Crippen molar-refractivity contribution < 1.29 is 14.3 Å². The lowest BCUT2D eigenvalue weighted by atomic mass is 10.1. The highest BCUT2D eigenvalue weighted by atomic mass is 16.5. The van der Waals surface area contributed by atoms with Crippen molar-refractivity contribution in [2.45, 2.75) is 44.6 Å². The first-order valence-corrected chi connectivity index (χ1v) is 9.03. The van der Waals surface area contributed by atoms with E-state index in [1.165, 1.54) is 38.5 Å². The fraction of sp³-hybridized carbons (Fsp3) is 0.632. The zero-order valence-electron chi connectivity index (χ0n) is 14.7. The molecule has 0 unspecified atom stereocenters. The number of methoxy groups -OCH3 is 1. The van der Waals surface area contributed by atoms with E-state index in [0.29, 0.717) is 37.1 Å². The van der Waals surface area contributed by atoms with Crippen LogP contribution in [0.25, 0.3) is 0 Å². The van der Waals surface area contributed by atoms with Crippen LogP contribution in [0.1, 0.15) is 48.9 Å². The van der Waals surface area contributed by atoms with E-state index in [1.54, 1.807) is 13.2 Å². The molecule has 2 rings (SSSR count). The topological polar surface area (TPSA) is 59.6 Å². The number of carbonyl (C=O) groups is 1. The maximum absolute atomic E-state index is 12.4. The van der Waals surface area contributed by atoms with Crippen LogP contribution in [0.4, 0.5) is 0 Å². The molecule has 0 saturated heterocycles. The Balaban J connectivity index is 1.73. The molecular weight excluding hydrogens is 304 g/mol. The van der Waals surface area contributed by atoms with Crippen LogP contribution in [0.3, 0.4) is 0 Å². The molecule has 0 radical (unpaired) electrons. The average Bonchev–Trinajstić information content (AvgIpc) is 2.88. The SMILES string of the molecule is COCCOc1ccccc1C(=O)NCCNC1CCCCCC1. The van der Waals surface area contributed by atoms with Gasteiger partial charge in [-0.1, -0.05) is 37.8 Å². The Bertz CT molecular complexity index is 485. The number of carbonyl (C=O) groups excluding carboxylic acids is 1. The average molecular weight is 334 g/mol. The number of para-hydroxylation sites is 1. The predicted molar refractivity (Wildman–Crippen MR) is 95.6 cm³/mol. The summed E-state index contributed by atoms with van der Waals surface area (Å²) in [4.78, 5) is 12.4. The Morgan fingerprint density at radius 3 is 2.58 bits per heavy atom. The van der Waals surface area contributed by atoms with Gasteiger partial charge in [-0.2, -0.15) is 0 Å². The molecule has 0 spiro atoms. The number of benzene rings is 1. The Morgan fingerprint density at radius 2 is 1.83 bits per heavy atom. The molecule has 24 heavy (non-hydrogen) atoms. The van der Waals surface area contributed by atoms with Crippen LogP contribution in [0.5, 0.6) is 5.75 Å². The van der Waals surface area contributed by atoms with Gasteiger partial charge in [-0.05, 0) is 25.0 Å². The Hall–Kier alpha value is -1.59. The quantitative estimate of drug-likeness (QED) is 0.538. The van der Waals surface area contributed by atoms with Gasteiger partial charge in [-0.25, -0.2) is 0 Å². The van der Waals surface area contributed by atoms with Crippen molar-refractivity contribution in [1.29, 1.82) is 0 Å². The van der Waals surface area contributed by atoms with E-state index in [-0.39, 0.29) is 5.91 Å². The maximum Gasteiger partial charge on any atom is 0.255 e. The minimum atomic E-state index is -0.0920. The Labute approximate surface area is 145 Å². The van der Waals surface area contributed by atoms with Gasteiger partial charge in [-0.15, -0.1) is 0 Å². The van der Waals surface area contributed by atoms with Gasteiger partial charge < -0.3 is 20.1 Å². The summed E-state index contributed by atoms with van der Waals surface area (Å²) in [7, 11) is 1.63. The first-order valence-electron chi connectivity index (χ1n) is 9.03. The molecule has 0 bridgehead atoms. The molecule has 5 heteroatoms. The van der Waals surface area contributed by atoms with Crippen molar-refractivity contribution in [3.05, 3.63) is 29.8 Å². The summed E-state index contributed by atoms with van der Waals surface area (Å²) in [6, 6.07) is 7.92. The summed E-state index contributed by atoms with van der Waals surface area (Å²) < 4.78 is 10.6. The number of amides is 1. The van der Waals surface area contributed by atoms with Gasteiger partial charge in [0.1, 0.15) is 12.4 Å². The zero-order chi connectivity index (χ0) is 17.0. The minimum Gasteiger partial charge on any atom is -0.490 e. The fourth-order valence-corrected chi connectivity index (χ4v) is 3.05. The summed E-state index contributed by atoms with van der Waals surface area (Å²) in [5.41, 5.74) is 0.572. The molecule has 1 aliphatic rings. The van der Waals surface area contributed by atoms with E-state index in [9.17, 15) is 4.79 Å². The third-order valence-corrected chi connectivity index (χ3v) is 4.38. The molecule has 1 aliphatic carbocycles. The minimum absolute atomic E-state index is 0.0920. The molecule has 1 fully saturated rings. The van der Waals surface area contributed by atoms with Gasteiger partial charge in [0.15, 0.2) is 0 Å². The first-order chi connectivity index (χ1) is 11.8. The van der Waals surface area contributed by atoms with E-state index >= 15 is 0 Å². The van der Waals surface area contributed by atoms with Crippen LogP contribution in [0, 0.1) is 0 Å². The van der Waals surface area contributed by atoms with E-state index in [1.807, 2.05) is 18.2 Å². The summed E-state index contributed by atoms with van der Waals surface area (Å²) >= 11 is 0. The lowest BCUT2D eigenvalue weighted by Gasteiger charge is -2.16. The number of hydrogen-bond acceptors (Lipinski definition) is 4. The molecule has 1 amide bonds. The molecule has 1 aromatic carbocycles. The molecular formula is C19H30N2O3. The van der Waals surface area contributed by atoms with Crippen LogP contribution in [-0.4, -0.2) is 45.4 Å². The molecule has 0 aliphatic heterocycles. The lowest BCUT2D eigenvalue weighted by Crippen LogP contribution is -2.37. The van der Waals surface area contributed by atoms with Crippen molar-refractivity contribution in [3.8, 4) is 5.75 Å².